The average molecular weight is 707 g/mol. The van der Waals surface area contributed by atoms with Gasteiger partial charge < -0.3 is 0 Å². The fourth-order valence-corrected chi connectivity index (χ4v) is 43.2. The van der Waals surface area contributed by atoms with Gasteiger partial charge in [-0.05, 0) is 0 Å². The van der Waals surface area contributed by atoms with E-state index in [4.69, 9.17) is 0 Å². The molecule has 40 heavy (non-hydrogen) atoms. The Kier molecular flexibility index (Phi) is 5.70. The van der Waals surface area contributed by atoms with Crippen molar-refractivity contribution in [3.63, 3.8) is 0 Å². The Morgan fingerprint density at radius 3 is 1.30 bits per heavy atom. The molecule has 0 N–H and O–H groups in total. The Balaban J connectivity index is 1.57. The third-order valence-electron chi connectivity index (χ3n) is 12.7. The molecule has 4 aromatic rings. The van der Waals surface area contributed by atoms with Gasteiger partial charge >= 0.3 is 239 Å². The zero-order chi connectivity index (χ0) is 28.4. The van der Waals surface area contributed by atoms with Crippen molar-refractivity contribution in [3.8, 4) is 22.3 Å². The van der Waals surface area contributed by atoms with Gasteiger partial charge in [-0.3, -0.25) is 0 Å². The summed E-state index contributed by atoms with van der Waals surface area (Å²) in [5.74, 6) is 0. The van der Waals surface area contributed by atoms with E-state index in [0.717, 1.165) is 0 Å². The van der Waals surface area contributed by atoms with Crippen LogP contribution in [0.3, 0.4) is 0 Å². The molecule has 204 valence electrons. The predicted molar refractivity (Wildman–Crippen MR) is 178 cm³/mol. The van der Waals surface area contributed by atoms with Crippen molar-refractivity contribution in [3.05, 3.63) is 130 Å². The number of rotatable bonds is 6. The van der Waals surface area contributed by atoms with E-state index >= 15 is 0 Å². The second kappa shape index (κ2) is 8.26. The molecule has 2 aliphatic rings. The molecule has 2 unspecified atom stereocenters. The van der Waals surface area contributed by atoms with E-state index in [1.165, 1.54) is 52.9 Å². The molecule has 0 fully saturated rings. The number of hydrogen-bond donors (Lipinski definition) is 0. The summed E-state index contributed by atoms with van der Waals surface area (Å²) in [4.78, 5) is 0. The van der Waals surface area contributed by atoms with Crippen molar-refractivity contribution in [1.29, 1.82) is 0 Å². The summed E-state index contributed by atoms with van der Waals surface area (Å²) in [5, 5.41) is 0. The molecule has 4 aromatic carbocycles. The maximum atomic E-state index is 2.83. The van der Waals surface area contributed by atoms with Crippen LogP contribution in [0.4, 0.5) is 0 Å². The van der Waals surface area contributed by atoms with Crippen LogP contribution < -0.4 is 0 Å². The van der Waals surface area contributed by atoms with E-state index in [1.54, 1.807) is 11.1 Å². The summed E-state index contributed by atoms with van der Waals surface area (Å²) in [6.45, 7) is 11.9. The topological polar surface area (TPSA) is 0 Å². The van der Waals surface area contributed by atoms with Crippen LogP contribution in [0, 0.1) is 13.8 Å². The van der Waals surface area contributed by atoms with E-state index in [9.17, 15) is 0 Å². The molecule has 2 aliphatic carbocycles. The molecule has 0 aliphatic heterocycles. The molecule has 0 saturated heterocycles. The van der Waals surface area contributed by atoms with Gasteiger partial charge in [0.1, 0.15) is 0 Å². The molecule has 0 nitrogen and oxygen atoms in total. The van der Waals surface area contributed by atoms with Gasteiger partial charge in [-0.2, -0.15) is 0 Å². The number of allylic oxidation sites excluding steroid dienone is 2. The first-order valence-electron chi connectivity index (χ1n) is 15.2. The number of hydrogen-bond acceptors (Lipinski definition) is 0. The molecule has 0 heterocycles. The van der Waals surface area contributed by atoms with E-state index < -0.39 is 14.2 Å². The Morgan fingerprint density at radius 2 is 0.950 bits per heavy atom. The molecule has 0 bridgehead atoms. The van der Waals surface area contributed by atoms with Gasteiger partial charge in [-0.1, -0.05) is 0 Å². The first-order chi connectivity index (χ1) is 18.9. The maximum absolute atomic E-state index is 4.85. The zero-order valence-corrected chi connectivity index (χ0v) is 30.2. The van der Waals surface area contributed by atoms with Crippen LogP contribution in [-0.4, -0.2) is 6.94 Å². The van der Waals surface area contributed by atoms with Gasteiger partial charge in [0.25, 0.3) is 0 Å². The quantitative estimate of drug-likeness (QED) is 0.175. The summed E-state index contributed by atoms with van der Waals surface area (Å²) in [5.41, 5.74) is 13.9. The van der Waals surface area contributed by atoms with Gasteiger partial charge in [-0.25, -0.2) is 0 Å². The Bertz CT molecular complexity index is 1720. The van der Waals surface area contributed by atoms with E-state index in [0.29, 0.717) is 7.35 Å². The van der Waals surface area contributed by atoms with Crippen LogP contribution in [-0.2, 0) is 14.2 Å². The Morgan fingerprint density at radius 1 is 0.575 bits per heavy atom. The van der Waals surface area contributed by atoms with Crippen LogP contribution in [0.1, 0.15) is 54.6 Å². The fourth-order valence-electron chi connectivity index (χ4n) is 8.33. The summed E-state index contributed by atoms with van der Waals surface area (Å²) >= 11 is -4.85. The zero-order valence-electron chi connectivity index (χ0n) is 25.2. The van der Waals surface area contributed by atoms with Crippen molar-refractivity contribution in [2.24, 2.45) is 0 Å². The third-order valence-corrected chi connectivity index (χ3v) is 76.0. The summed E-state index contributed by atoms with van der Waals surface area (Å²) in [6, 6.07) is 32.2. The standard InChI is InChI=1S/2C16H13.2C2H5.2CH3.Hf.H2Si/c2*1-12-8-10-14(11-9-12)16-7-3-5-13-4-2-6-15(13)16;2*1-2;;;;/h2*2-11H,1H3;2*1H2,2H3;2*1H3;;1H2. The summed E-state index contributed by atoms with van der Waals surface area (Å²) in [7, 11) is 0. The van der Waals surface area contributed by atoms with Crippen molar-refractivity contribution in [1.82, 2.24) is 0 Å². The van der Waals surface area contributed by atoms with Crippen molar-refractivity contribution in [2.45, 2.75) is 52.8 Å². The van der Waals surface area contributed by atoms with Gasteiger partial charge in [0.2, 0.25) is 0 Å². The minimum atomic E-state index is -4.85. The van der Waals surface area contributed by atoms with Crippen LogP contribution in [0.5, 0.6) is 0 Å². The fraction of sp³-hybridized carbons (Fsp3) is 0.263. The van der Waals surface area contributed by atoms with E-state index in [-0.39, 0.29) is 0 Å². The third kappa shape index (κ3) is 3.64. The van der Waals surface area contributed by atoms with Crippen molar-refractivity contribution >= 4 is 19.1 Å². The molecule has 0 radical (unpaired) electrons. The number of aryl methyl sites for hydroxylation is 2. The molecular weight excluding hydrogens is 663 g/mol. The minimum absolute atomic E-state index is 0.446. The first kappa shape index (κ1) is 27.6. The number of fused-ring (bicyclic) bond motifs is 2. The van der Waals surface area contributed by atoms with Gasteiger partial charge in [0.15, 0.2) is 0 Å². The van der Waals surface area contributed by atoms with Crippen LogP contribution in [0.15, 0.2) is 97.1 Å². The SMILES string of the molecule is C[CH2][Hf]([CH3])([CH3])(=[SiH2])([CH2]C)([CH]1C=Cc2c(-c3ccc(C)cc3)cccc21)[CH]1C=Cc2c(-c3ccc(C)cc3)cccc21. The Labute approximate surface area is 237 Å². The van der Waals surface area contributed by atoms with E-state index in [1.807, 2.05) is 0 Å². The molecule has 2 atom stereocenters. The monoisotopic (exact) mass is 708 g/mol. The molecule has 0 spiro atoms. The Hall–Kier alpha value is -2.55. The average Bonchev–Trinajstić information content (AvgIpc) is 3.62. The van der Waals surface area contributed by atoms with Gasteiger partial charge in [0.05, 0.1) is 0 Å². The molecule has 0 saturated carbocycles. The van der Waals surface area contributed by atoms with Crippen molar-refractivity contribution < 1.29 is 14.2 Å². The summed E-state index contributed by atoms with van der Waals surface area (Å²) in [6.07, 6.45) is 10.2. The normalized spacial score (nSPS) is 20.3. The van der Waals surface area contributed by atoms with Crippen LogP contribution in [0.2, 0.25) is 17.7 Å². The van der Waals surface area contributed by atoms with Crippen molar-refractivity contribution in [2.75, 3.05) is 0 Å². The predicted octanol–water partition coefficient (Wildman–Crippen LogP) is 10.8. The summed E-state index contributed by atoms with van der Waals surface area (Å²) < 4.78 is 9.03. The number of benzene rings is 4. The molecule has 0 amide bonds. The second-order valence-electron chi connectivity index (χ2n) is 15.6. The molecule has 6 rings (SSSR count). The van der Waals surface area contributed by atoms with Gasteiger partial charge in [-0.15, -0.1) is 0 Å². The van der Waals surface area contributed by atoms with Crippen LogP contribution in [0.25, 0.3) is 34.4 Å². The van der Waals surface area contributed by atoms with Gasteiger partial charge in [0, 0.05) is 0 Å². The second-order valence-corrected chi connectivity index (χ2v) is 94.2. The molecular formula is C38H44HfSi. The van der Waals surface area contributed by atoms with Crippen LogP contribution >= 0.6 is 0 Å². The van der Waals surface area contributed by atoms with E-state index in [2.05, 4.69) is 153 Å². The first-order valence-corrected chi connectivity index (χ1v) is 39.9. The molecule has 2 heteroatoms. The molecule has 0 aromatic heterocycles.